The predicted molar refractivity (Wildman–Crippen MR) is 80.5 cm³/mol. The van der Waals surface area contributed by atoms with Crippen LogP contribution in [0.2, 0.25) is 0 Å². The number of rotatable bonds is 5. The van der Waals surface area contributed by atoms with Crippen molar-refractivity contribution in [2.24, 2.45) is 0 Å². The Kier molecular flexibility index (Phi) is 4.72. The van der Waals surface area contributed by atoms with Crippen molar-refractivity contribution in [1.29, 1.82) is 0 Å². The molecule has 0 saturated carbocycles. The van der Waals surface area contributed by atoms with Crippen LogP contribution in [0.4, 0.5) is 0 Å². The first kappa shape index (κ1) is 14.8. The van der Waals surface area contributed by atoms with Gasteiger partial charge < -0.3 is 10.0 Å². The van der Waals surface area contributed by atoms with E-state index in [0.717, 1.165) is 5.56 Å². The number of carbonyl (C=O) groups excluding carboxylic acids is 1. The van der Waals surface area contributed by atoms with Crippen molar-refractivity contribution in [1.82, 2.24) is 4.90 Å². The Labute approximate surface area is 123 Å². The van der Waals surface area contributed by atoms with Gasteiger partial charge in [0, 0.05) is 19.2 Å². The molecule has 1 amide bonds. The minimum atomic E-state index is -0.932. The second kappa shape index (κ2) is 6.70. The SMILES string of the molecule is CN(CCc1ccc(C(=O)O)cc1)C(=O)c1ccccc1. The van der Waals surface area contributed by atoms with Gasteiger partial charge in [-0.05, 0) is 36.2 Å². The first-order valence-corrected chi connectivity index (χ1v) is 6.70. The first-order valence-electron chi connectivity index (χ1n) is 6.70. The van der Waals surface area contributed by atoms with E-state index in [1.807, 2.05) is 18.2 Å². The lowest BCUT2D eigenvalue weighted by Crippen LogP contribution is -2.28. The highest BCUT2D eigenvalue weighted by atomic mass is 16.4. The van der Waals surface area contributed by atoms with Crippen LogP contribution in [0.1, 0.15) is 26.3 Å². The summed E-state index contributed by atoms with van der Waals surface area (Å²) in [6.07, 6.45) is 0.689. The van der Waals surface area contributed by atoms with Crippen molar-refractivity contribution in [3.8, 4) is 0 Å². The minimum absolute atomic E-state index is 0.0160. The molecule has 0 atom stereocenters. The van der Waals surface area contributed by atoms with Crippen LogP contribution in [0.25, 0.3) is 0 Å². The molecule has 2 aromatic rings. The van der Waals surface area contributed by atoms with Crippen LogP contribution in [0.3, 0.4) is 0 Å². The molecule has 4 heteroatoms. The molecule has 0 spiro atoms. The highest BCUT2D eigenvalue weighted by Gasteiger charge is 2.10. The molecule has 4 nitrogen and oxygen atoms in total. The lowest BCUT2D eigenvalue weighted by Gasteiger charge is -2.17. The van der Waals surface area contributed by atoms with Crippen LogP contribution in [0.5, 0.6) is 0 Å². The van der Waals surface area contributed by atoms with Gasteiger partial charge in [-0.2, -0.15) is 0 Å². The van der Waals surface area contributed by atoms with Crippen LogP contribution in [0, 0.1) is 0 Å². The number of carboxylic acid groups (broad SMARTS) is 1. The zero-order chi connectivity index (χ0) is 15.2. The number of likely N-dealkylation sites (N-methyl/N-ethyl adjacent to an activating group) is 1. The van der Waals surface area contributed by atoms with Gasteiger partial charge in [-0.15, -0.1) is 0 Å². The van der Waals surface area contributed by atoms with Gasteiger partial charge in [-0.1, -0.05) is 30.3 Å². The van der Waals surface area contributed by atoms with Gasteiger partial charge in [-0.3, -0.25) is 4.79 Å². The summed E-state index contributed by atoms with van der Waals surface area (Å²) in [6, 6.07) is 15.9. The molecule has 0 aliphatic carbocycles. The van der Waals surface area contributed by atoms with Crippen molar-refractivity contribution < 1.29 is 14.7 Å². The Bertz CT molecular complexity index is 620. The van der Waals surface area contributed by atoms with Crippen LogP contribution in [0.15, 0.2) is 54.6 Å². The Morgan fingerprint density at radius 3 is 2.14 bits per heavy atom. The Morgan fingerprint density at radius 2 is 1.57 bits per heavy atom. The molecule has 0 aliphatic rings. The topological polar surface area (TPSA) is 57.6 Å². The summed E-state index contributed by atoms with van der Waals surface area (Å²) in [6.45, 7) is 0.583. The number of hydrogen-bond acceptors (Lipinski definition) is 2. The summed E-state index contributed by atoms with van der Waals surface area (Å²) >= 11 is 0. The van der Waals surface area contributed by atoms with Crippen molar-refractivity contribution >= 4 is 11.9 Å². The summed E-state index contributed by atoms with van der Waals surface area (Å²) < 4.78 is 0. The van der Waals surface area contributed by atoms with Crippen LogP contribution in [-0.4, -0.2) is 35.5 Å². The largest absolute Gasteiger partial charge is 0.478 e. The van der Waals surface area contributed by atoms with E-state index in [0.29, 0.717) is 18.5 Å². The van der Waals surface area contributed by atoms with Gasteiger partial charge in [-0.25, -0.2) is 4.79 Å². The van der Waals surface area contributed by atoms with Crippen molar-refractivity contribution in [2.45, 2.75) is 6.42 Å². The average Bonchev–Trinajstić information content (AvgIpc) is 2.53. The summed E-state index contributed by atoms with van der Waals surface area (Å²) in [5.74, 6) is -0.948. The molecule has 0 bridgehead atoms. The molecule has 0 fully saturated rings. The fourth-order valence-corrected chi connectivity index (χ4v) is 2.01. The number of benzene rings is 2. The van der Waals surface area contributed by atoms with Gasteiger partial charge in [0.15, 0.2) is 0 Å². The summed E-state index contributed by atoms with van der Waals surface area (Å²) in [5.41, 5.74) is 1.95. The fraction of sp³-hybridized carbons (Fsp3) is 0.176. The number of carbonyl (C=O) groups is 2. The van der Waals surface area contributed by atoms with Gasteiger partial charge >= 0.3 is 5.97 Å². The molecule has 0 heterocycles. The maximum Gasteiger partial charge on any atom is 0.335 e. The van der Waals surface area contributed by atoms with Crippen molar-refractivity contribution in [2.75, 3.05) is 13.6 Å². The number of carboxylic acids is 1. The van der Waals surface area contributed by atoms with E-state index in [1.54, 1.807) is 48.3 Å². The summed E-state index contributed by atoms with van der Waals surface area (Å²) in [5, 5.41) is 8.84. The molecule has 2 rings (SSSR count). The second-order valence-electron chi connectivity index (χ2n) is 4.84. The zero-order valence-electron chi connectivity index (χ0n) is 11.8. The molecule has 108 valence electrons. The van der Waals surface area contributed by atoms with Crippen molar-refractivity contribution in [3.05, 3.63) is 71.3 Å². The third-order valence-electron chi connectivity index (χ3n) is 3.30. The van der Waals surface area contributed by atoms with Crippen LogP contribution >= 0.6 is 0 Å². The smallest absolute Gasteiger partial charge is 0.335 e. The highest BCUT2D eigenvalue weighted by Crippen LogP contribution is 2.08. The van der Waals surface area contributed by atoms with Crippen molar-refractivity contribution in [3.63, 3.8) is 0 Å². The van der Waals surface area contributed by atoms with Crippen LogP contribution < -0.4 is 0 Å². The molecule has 0 aromatic heterocycles. The Hall–Kier alpha value is -2.62. The molecule has 0 unspecified atom stereocenters. The average molecular weight is 283 g/mol. The van der Waals surface area contributed by atoms with Gasteiger partial charge in [0.1, 0.15) is 0 Å². The number of aromatic carboxylic acids is 1. The molecule has 0 aliphatic heterocycles. The predicted octanol–water partition coefficient (Wildman–Crippen LogP) is 2.70. The van der Waals surface area contributed by atoms with E-state index in [-0.39, 0.29) is 11.5 Å². The number of hydrogen-bond donors (Lipinski definition) is 1. The zero-order valence-corrected chi connectivity index (χ0v) is 11.8. The molecular formula is C17H17NO3. The normalized spacial score (nSPS) is 10.1. The van der Waals surface area contributed by atoms with E-state index in [4.69, 9.17) is 5.11 Å². The lowest BCUT2D eigenvalue weighted by atomic mass is 10.1. The van der Waals surface area contributed by atoms with E-state index in [9.17, 15) is 9.59 Å². The number of nitrogens with zero attached hydrogens (tertiary/aromatic N) is 1. The van der Waals surface area contributed by atoms with Gasteiger partial charge in [0.25, 0.3) is 5.91 Å². The third kappa shape index (κ3) is 3.92. The van der Waals surface area contributed by atoms with E-state index in [1.165, 1.54) is 0 Å². The van der Waals surface area contributed by atoms with E-state index in [2.05, 4.69) is 0 Å². The molecule has 1 N–H and O–H groups in total. The summed E-state index contributed by atoms with van der Waals surface area (Å²) in [4.78, 5) is 24.6. The molecule has 0 radical (unpaired) electrons. The molecule has 2 aromatic carbocycles. The molecule has 21 heavy (non-hydrogen) atoms. The highest BCUT2D eigenvalue weighted by molar-refractivity contribution is 5.94. The second-order valence-corrected chi connectivity index (χ2v) is 4.84. The van der Waals surface area contributed by atoms with E-state index < -0.39 is 5.97 Å². The number of amides is 1. The fourth-order valence-electron chi connectivity index (χ4n) is 2.01. The first-order chi connectivity index (χ1) is 10.1. The standard InChI is InChI=1S/C17H17NO3/c1-18(16(19)14-5-3-2-4-6-14)12-11-13-7-9-15(10-8-13)17(20)21/h2-10H,11-12H2,1H3,(H,20,21). The lowest BCUT2D eigenvalue weighted by molar-refractivity contribution is 0.0696. The van der Waals surface area contributed by atoms with E-state index >= 15 is 0 Å². The maximum absolute atomic E-state index is 12.2. The summed E-state index contributed by atoms with van der Waals surface area (Å²) in [7, 11) is 1.76. The Morgan fingerprint density at radius 1 is 0.952 bits per heavy atom. The third-order valence-corrected chi connectivity index (χ3v) is 3.30. The maximum atomic E-state index is 12.2. The minimum Gasteiger partial charge on any atom is -0.478 e. The quantitative estimate of drug-likeness (QED) is 0.918. The molecule has 0 saturated heterocycles. The van der Waals surface area contributed by atoms with Crippen LogP contribution in [-0.2, 0) is 6.42 Å². The van der Waals surface area contributed by atoms with Gasteiger partial charge in [0.05, 0.1) is 5.56 Å². The van der Waals surface area contributed by atoms with Gasteiger partial charge in [0.2, 0.25) is 0 Å². The monoisotopic (exact) mass is 283 g/mol. The Balaban J connectivity index is 1.93. The molecular weight excluding hydrogens is 266 g/mol.